The molecule has 0 spiro atoms. The van der Waals surface area contributed by atoms with Gasteiger partial charge in [0.25, 0.3) is 0 Å². The summed E-state index contributed by atoms with van der Waals surface area (Å²) in [5.74, 6) is 0.604. The van der Waals surface area contributed by atoms with Gasteiger partial charge in [0, 0.05) is 22.7 Å². The molecule has 4 aromatic rings. The van der Waals surface area contributed by atoms with E-state index < -0.39 is 0 Å². The molecule has 1 amide bonds. The van der Waals surface area contributed by atoms with Crippen molar-refractivity contribution in [2.45, 2.75) is 44.1 Å². The first-order valence-electron chi connectivity index (χ1n) is 9.52. The summed E-state index contributed by atoms with van der Waals surface area (Å²) in [6.07, 6.45) is 6.65. The van der Waals surface area contributed by atoms with E-state index in [9.17, 15) is 4.79 Å². The van der Waals surface area contributed by atoms with Crippen molar-refractivity contribution in [1.82, 2.24) is 19.9 Å². The molecule has 0 saturated carbocycles. The van der Waals surface area contributed by atoms with Crippen LogP contribution >= 0.6 is 34.4 Å². The van der Waals surface area contributed by atoms with Gasteiger partial charge in [-0.05, 0) is 36.3 Å². The third-order valence-corrected chi connectivity index (χ3v) is 7.92. The largest absolute Gasteiger partial charge is 0.301 e. The number of amides is 1. The predicted molar refractivity (Wildman–Crippen MR) is 120 cm³/mol. The van der Waals surface area contributed by atoms with Crippen molar-refractivity contribution in [3.8, 4) is 0 Å². The van der Waals surface area contributed by atoms with Crippen molar-refractivity contribution < 1.29 is 4.79 Å². The summed E-state index contributed by atoms with van der Waals surface area (Å²) >= 11 is 4.49. The van der Waals surface area contributed by atoms with E-state index >= 15 is 0 Å². The van der Waals surface area contributed by atoms with Crippen LogP contribution in [0.25, 0.3) is 20.4 Å². The Balaban J connectivity index is 1.52. The number of carbonyl (C=O) groups excluding carboxylic acids is 1. The number of thiophene rings is 1. The molecule has 6 nitrogen and oxygen atoms in total. The van der Waals surface area contributed by atoms with E-state index in [1.807, 2.05) is 5.38 Å². The lowest BCUT2D eigenvalue weighted by Gasteiger charge is -2.11. The third-order valence-electron chi connectivity index (χ3n) is 5.04. The smallest absolute Gasteiger partial charge is 0.236 e. The summed E-state index contributed by atoms with van der Waals surface area (Å²) in [5, 5.41) is 7.30. The van der Waals surface area contributed by atoms with E-state index in [4.69, 9.17) is 4.98 Å². The summed E-state index contributed by atoms with van der Waals surface area (Å²) in [6, 6.07) is 0. The number of nitrogens with zero attached hydrogens (tertiary/aromatic N) is 4. The molecule has 0 fully saturated rings. The van der Waals surface area contributed by atoms with Gasteiger partial charge in [-0.15, -0.1) is 22.7 Å². The zero-order chi connectivity index (χ0) is 20.0. The number of nitrogens with one attached hydrogen (secondary N) is 1. The second-order valence-corrected chi connectivity index (χ2v) is 10.1. The van der Waals surface area contributed by atoms with Crippen LogP contribution in [0.2, 0.25) is 0 Å². The van der Waals surface area contributed by atoms with E-state index in [1.54, 1.807) is 23.9 Å². The number of rotatable bonds is 5. The van der Waals surface area contributed by atoms with Crippen LogP contribution in [0.1, 0.15) is 43.0 Å². The Hall–Kier alpha value is -2.10. The predicted octanol–water partition coefficient (Wildman–Crippen LogP) is 5.04. The number of pyridine rings is 1. The number of hydrogen-bond donors (Lipinski definition) is 1. The average Bonchev–Trinajstić information content (AvgIpc) is 3.44. The lowest BCUT2D eigenvalue weighted by Crippen LogP contribution is -2.13. The molecule has 1 aliphatic carbocycles. The molecule has 0 aromatic carbocycles. The first kappa shape index (κ1) is 18.9. The molecule has 4 aromatic heterocycles. The summed E-state index contributed by atoms with van der Waals surface area (Å²) in [5.41, 5.74) is 5.04. The number of aryl methyl sites for hydroxylation is 1. The molecule has 0 unspecified atom stereocenters. The maximum Gasteiger partial charge on any atom is 0.236 e. The molecule has 0 bridgehead atoms. The topological polar surface area (TPSA) is 80.7 Å². The number of thioether (sulfide) groups is 1. The first-order valence-corrected chi connectivity index (χ1v) is 12.2. The highest BCUT2D eigenvalue weighted by Crippen LogP contribution is 2.42. The van der Waals surface area contributed by atoms with Crippen LogP contribution in [0.3, 0.4) is 0 Å². The number of fused-ring (bicyclic) bond motifs is 5. The Morgan fingerprint density at radius 2 is 2.10 bits per heavy atom. The molecular weight excluding hydrogens is 422 g/mol. The standard InChI is InChI=1S/C20H19N5OS3/c1-10(2)15-12-5-3-4-11(12)14-16-17(29-18(14)25-15)19(23-9-22-16)28-8-13(26)24-20-21-6-7-27-20/h6-7,9-10H,3-5,8H2,1-2H3,(H,21,24,26). The van der Waals surface area contributed by atoms with E-state index in [0.29, 0.717) is 11.0 Å². The number of thiazole rings is 1. The van der Waals surface area contributed by atoms with Crippen molar-refractivity contribution in [1.29, 1.82) is 0 Å². The van der Waals surface area contributed by atoms with E-state index in [-0.39, 0.29) is 11.7 Å². The average molecular weight is 442 g/mol. The molecule has 0 atom stereocenters. The van der Waals surface area contributed by atoms with Gasteiger partial charge in [0.05, 0.1) is 16.0 Å². The van der Waals surface area contributed by atoms with Crippen molar-refractivity contribution in [2.24, 2.45) is 0 Å². The fourth-order valence-corrected chi connectivity index (χ4v) is 6.45. The Kier molecular flexibility index (Phi) is 4.97. The fraction of sp³-hybridized carbons (Fsp3) is 0.350. The Morgan fingerprint density at radius 3 is 2.90 bits per heavy atom. The molecular formula is C20H19N5OS3. The fourth-order valence-electron chi connectivity index (χ4n) is 3.86. The Bertz CT molecular complexity index is 1220. The minimum absolute atomic E-state index is 0.0843. The molecule has 148 valence electrons. The lowest BCUT2D eigenvalue weighted by molar-refractivity contribution is -0.113. The highest BCUT2D eigenvalue weighted by atomic mass is 32.2. The molecule has 1 aliphatic rings. The normalized spacial score (nSPS) is 13.5. The molecule has 1 N–H and O–H groups in total. The number of hydrogen-bond acceptors (Lipinski definition) is 8. The summed E-state index contributed by atoms with van der Waals surface area (Å²) in [6.45, 7) is 4.42. The second-order valence-electron chi connectivity index (χ2n) is 7.28. The summed E-state index contributed by atoms with van der Waals surface area (Å²) in [4.78, 5) is 31.5. The highest BCUT2D eigenvalue weighted by molar-refractivity contribution is 8.00. The molecule has 29 heavy (non-hydrogen) atoms. The van der Waals surface area contributed by atoms with Crippen LogP contribution in [-0.4, -0.2) is 31.6 Å². The van der Waals surface area contributed by atoms with Crippen molar-refractivity contribution in [3.05, 3.63) is 34.7 Å². The molecule has 0 radical (unpaired) electrons. The van der Waals surface area contributed by atoms with Gasteiger partial charge >= 0.3 is 0 Å². The van der Waals surface area contributed by atoms with Crippen LogP contribution in [0.4, 0.5) is 5.13 Å². The summed E-state index contributed by atoms with van der Waals surface area (Å²) < 4.78 is 1.03. The van der Waals surface area contributed by atoms with Crippen molar-refractivity contribution in [2.75, 3.05) is 11.1 Å². The molecule has 4 heterocycles. The van der Waals surface area contributed by atoms with Gasteiger partial charge in [0.2, 0.25) is 5.91 Å². The van der Waals surface area contributed by atoms with Crippen LogP contribution < -0.4 is 5.32 Å². The monoisotopic (exact) mass is 441 g/mol. The molecule has 9 heteroatoms. The van der Waals surface area contributed by atoms with Crippen LogP contribution in [0.15, 0.2) is 22.9 Å². The van der Waals surface area contributed by atoms with E-state index in [2.05, 4.69) is 34.1 Å². The maximum absolute atomic E-state index is 12.2. The minimum atomic E-state index is -0.0843. The van der Waals surface area contributed by atoms with Gasteiger partial charge in [-0.1, -0.05) is 25.6 Å². The van der Waals surface area contributed by atoms with Crippen molar-refractivity contribution in [3.63, 3.8) is 0 Å². The number of anilines is 1. The quantitative estimate of drug-likeness (QED) is 0.345. The lowest BCUT2D eigenvalue weighted by atomic mass is 9.99. The van der Waals surface area contributed by atoms with Gasteiger partial charge < -0.3 is 5.32 Å². The van der Waals surface area contributed by atoms with Crippen LogP contribution in [-0.2, 0) is 17.6 Å². The zero-order valence-electron chi connectivity index (χ0n) is 16.1. The maximum atomic E-state index is 12.2. The van der Waals surface area contributed by atoms with Gasteiger partial charge in [-0.2, -0.15) is 0 Å². The molecule has 0 aliphatic heterocycles. The first-order chi connectivity index (χ1) is 14.1. The Labute approximate surface area is 180 Å². The molecule has 5 rings (SSSR count). The third kappa shape index (κ3) is 3.41. The SMILES string of the molecule is CC(C)c1nc2sc3c(SCC(=O)Nc4nccs4)ncnc3c2c2c1CCC2. The van der Waals surface area contributed by atoms with Crippen LogP contribution in [0.5, 0.6) is 0 Å². The van der Waals surface area contributed by atoms with E-state index in [1.165, 1.54) is 51.7 Å². The van der Waals surface area contributed by atoms with Gasteiger partial charge in [-0.25, -0.2) is 19.9 Å². The second kappa shape index (κ2) is 7.62. The van der Waals surface area contributed by atoms with Gasteiger partial charge in [0.15, 0.2) is 5.13 Å². The van der Waals surface area contributed by atoms with Crippen LogP contribution in [0, 0.1) is 0 Å². The van der Waals surface area contributed by atoms with E-state index in [0.717, 1.165) is 32.9 Å². The van der Waals surface area contributed by atoms with Gasteiger partial charge in [-0.3, -0.25) is 4.79 Å². The number of aromatic nitrogens is 4. The van der Waals surface area contributed by atoms with Gasteiger partial charge in [0.1, 0.15) is 16.2 Å². The number of carbonyl (C=O) groups is 1. The minimum Gasteiger partial charge on any atom is -0.301 e. The molecule has 0 saturated heterocycles. The zero-order valence-corrected chi connectivity index (χ0v) is 18.5. The van der Waals surface area contributed by atoms with Crippen molar-refractivity contribution >= 4 is 65.9 Å². The summed E-state index contributed by atoms with van der Waals surface area (Å²) in [7, 11) is 0. The highest BCUT2D eigenvalue weighted by Gasteiger charge is 2.25. The Morgan fingerprint density at radius 1 is 1.24 bits per heavy atom.